The fourth-order valence-corrected chi connectivity index (χ4v) is 2.81. The molecule has 156 valence electrons. The van der Waals surface area contributed by atoms with Crippen LogP contribution in [0.2, 0.25) is 0 Å². The lowest BCUT2D eigenvalue weighted by molar-refractivity contribution is -0.141. The summed E-state index contributed by atoms with van der Waals surface area (Å²) in [5, 5.41) is 5.94. The fourth-order valence-electron chi connectivity index (χ4n) is 2.81. The van der Waals surface area contributed by atoms with Crippen molar-refractivity contribution in [2.45, 2.75) is 52.3 Å². The topological polar surface area (TPSA) is 67.6 Å². The number of carbonyl (C=O) groups is 1. The standard InChI is InChI=1S/C19H26F3N3O3/c1-5-7-13-15(27-11-6-10-25(4)18(26)23-12(2)3)9-8-14-16(13)28-24-17(14)19(20,21)22/h8-9,12H,5-7,10-11H2,1-4H3,(H,23,26). The molecule has 0 unspecified atom stereocenters. The van der Waals surface area contributed by atoms with Crippen LogP contribution in [0.3, 0.4) is 0 Å². The number of hydrogen-bond donors (Lipinski definition) is 1. The number of urea groups is 1. The number of nitrogens with zero attached hydrogens (tertiary/aromatic N) is 2. The number of carbonyl (C=O) groups excluding carboxylic acids is 1. The molecule has 0 aliphatic rings. The van der Waals surface area contributed by atoms with Gasteiger partial charge in [-0.2, -0.15) is 13.2 Å². The van der Waals surface area contributed by atoms with Gasteiger partial charge >= 0.3 is 12.2 Å². The summed E-state index contributed by atoms with van der Waals surface area (Å²) in [4.78, 5) is 13.4. The number of rotatable bonds is 8. The molecule has 0 bridgehead atoms. The van der Waals surface area contributed by atoms with E-state index in [1.165, 1.54) is 12.1 Å². The Labute approximate surface area is 162 Å². The molecule has 6 nitrogen and oxygen atoms in total. The van der Waals surface area contributed by atoms with E-state index in [4.69, 9.17) is 9.26 Å². The van der Waals surface area contributed by atoms with Gasteiger partial charge in [-0.1, -0.05) is 18.5 Å². The third kappa shape index (κ3) is 5.30. The van der Waals surface area contributed by atoms with Crippen LogP contribution in [0, 0.1) is 0 Å². The molecule has 2 amide bonds. The van der Waals surface area contributed by atoms with Gasteiger partial charge in [0.1, 0.15) is 5.75 Å². The number of aryl methyl sites for hydroxylation is 1. The van der Waals surface area contributed by atoms with Gasteiger partial charge in [0.2, 0.25) is 0 Å². The summed E-state index contributed by atoms with van der Waals surface area (Å²) in [7, 11) is 1.69. The highest BCUT2D eigenvalue weighted by Gasteiger charge is 2.37. The predicted octanol–water partition coefficient (Wildman–Crippen LogP) is 4.62. The van der Waals surface area contributed by atoms with Crippen LogP contribution in [0.1, 0.15) is 44.9 Å². The number of ether oxygens (including phenoxy) is 1. The molecule has 1 N–H and O–H groups in total. The molecule has 2 rings (SSSR count). The summed E-state index contributed by atoms with van der Waals surface area (Å²) in [6.45, 7) is 6.50. The Balaban J connectivity index is 2.06. The Bertz CT molecular complexity index is 803. The summed E-state index contributed by atoms with van der Waals surface area (Å²) in [5.74, 6) is 0.480. The van der Waals surface area contributed by atoms with Crippen molar-refractivity contribution < 1.29 is 27.2 Å². The molecule has 0 fully saturated rings. The second-order valence-electron chi connectivity index (χ2n) is 6.93. The largest absolute Gasteiger partial charge is 0.493 e. The van der Waals surface area contributed by atoms with Gasteiger partial charge < -0.3 is 19.5 Å². The minimum Gasteiger partial charge on any atom is -0.493 e. The third-order valence-corrected chi connectivity index (χ3v) is 4.12. The Kier molecular flexibility index (Phi) is 7.15. The Morgan fingerprint density at radius 2 is 2.07 bits per heavy atom. The number of nitrogens with one attached hydrogen (secondary N) is 1. The summed E-state index contributed by atoms with van der Waals surface area (Å²) < 4.78 is 49.9. The quantitative estimate of drug-likeness (QED) is 0.656. The van der Waals surface area contributed by atoms with Crippen molar-refractivity contribution in [3.8, 4) is 5.75 Å². The molecule has 0 atom stereocenters. The van der Waals surface area contributed by atoms with Gasteiger partial charge in [-0.25, -0.2) is 4.79 Å². The van der Waals surface area contributed by atoms with Gasteiger partial charge in [0.25, 0.3) is 0 Å². The molecule has 0 saturated heterocycles. The molecule has 28 heavy (non-hydrogen) atoms. The van der Waals surface area contributed by atoms with E-state index in [1.807, 2.05) is 20.8 Å². The van der Waals surface area contributed by atoms with E-state index in [0.29, 0.717) is 37.3 Å². The Morgan fingerprint density at radius 3 is 2.68 bits per heavy atom. The van der Waals surface area contributed by atoms with Gasteiger partial charge in [-0.3, -0.25) is 0 Å². The summed E-state index contributed by atoms with van der Waals surface area (Å²) in [6.07, 6.45) is -2.76. The first-order valence-electron chi connectivity index (χ1n) is 9.28. The van der Waals surface area contributed by atoms with Gasteiger partial charge in [-0.05, 0) is 38.8 Å². The van der Waals surface area contributed by atoms with Crippen molar-refractivity contribution in [2.75, 3.05) is 20.2 Å². The summed E-state index contributed by atoms with van der Waals surface area (Å²) in [5.41, 5.74) is -0.335. The van der Waals surface area contributed by atoms with Gasteiger partial charge in [0, 0.05) is 25.2 Å². The van der Waals surface area contributed by atoms with E-state index in [-0.39, 0.29) is 23.0 Å². The second kappa shape index (κ2) is 9.16. The molecule has 1 heterocycles. The number of alkyl halides is 3. The zero-order valence-corrected chi connectivity index (χ0v) is 16.5. The Morgan fingerprint density at radius 1 is 1.36 bits per heavy atom. The second-order valence-corrected chi connectivity index (χ2v) is 6.93. The number of aromatic nitrogens is 1. The maximum atomic E-state index is 13.0. The maximum Gasteiger partial charge on any atom is 0.437 e. The maximum absolute atomic E-state index is 13.0. The van der Waals surface area contributed by atoms with Crippen molar-refractivity contribution in [3.05, 3.63) is 23.4 Å². The molecule has 0 saturated carbocycles. The highest BCUT2D eigenvalue weighted by Crippen LogP contribution is 2.38. The average Bonchev–Trinajstić information content (AvgIpc) is 3.04. The number of benzene rings is 1. The van der Waals surface area contributed by atoms with E-state index in [9.17, 15) is 18.0 Å². The van der Waals surface area contributed by atoms with E-state index in [1.54, 1.807) is 11.9 Å². The van der Waals surface area contributed by atoms with Crippen LogP contribution in [0.5, 0.6) is 5.75 Å². The zero-order chi connectivity index (χ0) is 20.9. The normalized spacial score (nSPS) is 11.9. The lowest BCUT2D eigenvalue weighted by atomic mass is 10.0. The van der Waals surface area contributed by atoms with Crippen molar-refractivity contribution in [2.24, 2.45) is 0 Å². The van der Waals surface area contributed by atoms with E-state index >= 15 is 0 Å². The monoisotopic (exact) mass is 401 g/mol. The molecule has 0 radical (unpaired) electrons. The first-order valence-corrected chi connectivity index (χ1v) is 9.28. The van der Waals surface area contributed by atoms with Crippen molar-refractivity contribution in [1.29, 1.82) is 0 Å². The third-order valence-electron chi connectivity index (χ3n) is 4.12. The Hall–Kier alpha value is -2.45. The highest BCUT2D eigenvalue weighted by atomic mass is 19.4. The highest BCUT2D eigenvalue weighted by molar-refractivity contribution is 5.85. The van der Waals surface area contributed by atoms with Gasteiger partial charge in [-0.15, -0.1) is 0 Å². The SMILES string of the molecule is CCCc1c(OCCCN(C)C(=O)NC(C)C)ccc2c(C(F)(F)F)noc12. The van der Waals surface area contributed by atoms with Crippen molar-refractivity contribution in [3.63, 3.8) is 0 Å². The predicted molar refractivity (Wildman–Crippen MR) is 99.4 cm³/mol. The fraction of sp³-hybridized carbons (Fsp3) is 0.579. The van der Waals surface area contributed by atoms with Gasteiger partial charge in [0.15, 0.2) is 11.3 Å². The van der Waals surface area contributed by atoms with Gasteiger partial charge in [0.05, 0.1) is 12.0 Å². The lowest BCUT2D eigenvalue weighted by Gasteiger charge is -2.20. The van der Waals surface area contributed by atoms with E-state index in [0.717, 1.165) is 6.42 Å². The average molecular weight is 401 g/mol. The smallest absolute Gasteiger partial charge is 0.437 e. The van der Waals surface area contributed by atoms with Crippen LogP contribution in [-0.2, 0) is 12.6 Å². The first-order chi connectivity index (χ1) is 13.1. The van der Waals surface area contributed by atoms with Crippen LogP contribution in [0.4, 0.5) is 18.0 Å². The van der Waals surface area contributed by atoms with Crippen LogP contribution in [0.15, 0.2) is 16.7 Å². The molecular formula is C19H26F3N3O3. The molecule has 0 aliphatic heterocycles. The molecule has 0 aliphatic carbocycles. The van der Waals surface area contributed by atoms with Crippen molar-refractivity contribution >= 4 is 17.0 Å². The van der Waals surface area contributed by atoms with E-state index < -0.39 is 11.9 Å². The van der Waals surface area contributed by atoms with Crippen molar-refractivity contribution in [1.82, 2.24) is 15.4 Å². The number of halogens is 3. The van der Waals surface area contributed by atoms with Crippen LogP contribution in [0.25, 0.3) is 11.0 Å². The number of amides is 2. The minimum atomic E-state index is -4.57. The minimum absolute atomic E-state index is 0.0537. The molecule has 0 spiro atoms. The molecular weight excluding hydrogens is 375 g/mol. The zero-order valence-electron chi connectivity index (χ0n) is 16.5. The van der Waals surface area contributed by atoms with Crippen LogP contribution in [-0.4, -0.2) is 42.3 Å². The molecule has 1 aromatic heterocycles. The number of fused-ring (bicyclic) bond motifs is 1. The van der Waals surface area contributed by atoms with Crippen LogP contribution >= 0.6 is 0 Å². The summed E-state index contributed by atoms with van der Waals surface area (Å²) in [6, 6.07) is 2.74. The first kappa shape index (κ1) is 21.8. The lowest BCUT2D eigenvalue weighted by Crippen LogP contribution is -2.41. The number of hydrogen-bond acceptors (Lipinski definition) is 4. The van der Waals surface area contributed by atoms with E-state index in [2.05, 4.69) is 10.5 Å². The summed E-state index contributed by atoms with van der Waals surface area (Å²) >= 11 is 0. The molecule has 9 heteroatoms. The molecule has 2 aromatic rings. The van der Waals surface area contributed by atoms with Crippen LogP contribution < -0.4 is 10.1 Å². The molecule has 1 aromatic carbocycles.